The highest BCUT2D eigenvalue weighted by atomic mass is 32.1. The molecule has 0 radical (unpaired) electrons. The van der Waals surface area contributed by atoms with Gasteiger partial charge in [-0.05, 0) is 47.7 Å². The van der Waals surface area contributed by atoms with Crippen molar-refractivity contribution in [1.29, 1.82) is 5.26 Å². The van der Waals surface area contributed by atoms with Gasteiger partial charge in [0, 0.05) is 41.8 Å². The van der Waals surface area contributed by atoms with Crippen LogP contribution < -0.4 is 24.4 Å². The first-order valence-corrected chi connectivity index (χ1v) is 12.2. The Kier molecular flexibility index (Phi) is 5.64. The third-order valence-corrected chi connectivity index (χ3v) is 7.33. The Hall–Kier alpha value is -3.81. The van der Waals surface area contributed by atoms with E-state index in [1.54, 1.807) is 19.5 Å². The summed E-state index contributed by atoms with van der Waals surface area (Å²) in [5, 5.41) is 16.2. The summed E-state index contributed by atoms with van der Waals surface area (Å²) in [5.41, 5.74) is 8.67. The van der Waals surface area contributed by atoms with Gasteiger partial charge < -0.3 is 18.9 Å². The molecule has 9 nitrogen and oxygen atoms in total. The number of hydrogen-bond donors (Lipinski definition) is 1. The minimum Gasteiger partial charge on any atom is -0.493 e. The predicted octanol–water partition coefficient (Wildman–Crippen LogP) is 3.88. The van der Waals surface area contributed by atoms with Crippen molar-refractivity contribution in [2.45, 2.75) is 25.4 Å². The standard InChI is InChI=1S/C25H23N5O4S/c1-31-23-9-16(12-28-29-25-27-4-7-35-25)17-10-20-18-11-22-21(33-14-34-22)8-15(18)2-5-30(20)13-19(17)24(23)32-6-3-26/h4,7-9,11-12,20H,2,5-6,10,13-14H2,1H3,(H,27,29)/b28-12+. The first-order chi connectivity index (χ1) is 17.2. The Morgan fingerprint density at radius 3 is 3.00 bits per heavy atom. The molecule has 1 atom stereocenters. The van der Waals surface area contributed by atoms with Gasteiger partial charge in [-0.15, -0.1) is 11.3 Å². The van der Waals surface area contributed by atoms with Crippen molar-refractivity contribution in [3.05, 3.63) is 57.6 Å². The van der Waals surface area contributed by atoms with Gasteiger partial charge in [-0.25, -0.2) is 4.98 Å². The Balaban J connectivity index is 1.41. The highest BCUT2D eigenvalue weighted by molar-refractivity contribution is 7.13. The number of methoxy groups -OCH3 is 1. The maximum Gasteiger partial charge on any atom is 0.231 e. The molecule has 178 valence electrons. The van der Waals surface area contributed by atoms with Crippen LogP contribution >= 0.6 is 11.3 Å². The van der Waals surface area contributed by atoms with E-state index >= 15 is 0 Å². The summed E-state index contributed by atoms with van der Waals surface area (Å²) in [7, 11) is 1.61. The lowest BCUT2D eigenvalue weighted by Gasteiger charge is -2.42. The monoisotopic (exact) mass is 489 g/mol. The summed E-state index contributed by atoms with van der Waals surface area (Å²) in [4.78, 5) is 6.67. The topological polar surface area (TPSA) is 101 Å². The molecule has 0 saturated heterocycles. The summed E-state index contributed by atoms with van der Waals surface area (Å²) >= 11 is 1.48. The molecule has 0 fully saturated rings. The second-order valence-electron chi connectivity index (χ2n) is 8.45. The average Bonchev–Trinajstić information content (AvgIpc) is 3.57. The molecule has 0 bridgehead atoms. The summed E-state index contributed by atoms with van der Waals surface area (Å²) in [6.45, 7) is 1.83. The van der Waals surface area contributed by atoms with Crippen LogP contribution in [0.5, 0.6) is 23.0 Å². The maximum absolute atomic E-state index is 9.15. The molecule has 35 heavy (non-hydrogen) atoms. The molecule has 3 aliphatic heterocycles. The number of ether oxygens (including phenoxy) is 4. The fraction of sp³-hybridized carbons (Fsp3) is 0.320. The molecule has 0 spiro atoms. The minimum absolute atomic E-state index is 0.0441. The average molecular weight is 490 g/mol. The van der Waals surface area contributed by atoms with E-state index in [-0.39, 0.29) is 19.4 Å². The second-order valence-corrected chi connectivity index (χ2v) is 9.35. The zero-order valence-corrected chi connectivity index (χ0v) is 19.9. The van der Waals surface area contributed by atoms with Crippen molar-refractivity contribution in [2.24, 2.45) is 5.10 Å². The van der Waals surface area contributed by atoms with E-state index in [4.69, 9.17) is 24.2 Å². The van der Waals surface area contributed by atoms with Crippen molar-refractivity contribution < 1.29 is 18.9 Å². The van der Waals surface area contributed by atoms with Crippen molar-refractivity contribution in [3.63, 3.8) is 0 Å². The van der Waals surface area contributed by atoms with E-state index < -0.39 is 0 Å². The SMILES string of the molecule is COc1cc(/C=N/Nc2nccs2)c2c(c1OCC#N)CN1CCc3cc4c(cc3C1C2)OCO4. The fourth-order valence-electron chi connectivity index (χ4n) is 5.10. The molecule has 2 aromatic carbocycles. The molecule has 4 heterocycles. The van der Waals surface area contributed by atoms with Crippen molar-refractivity contribution in [3.8, 4) is 29.1 Å². The Morgan fingerprint density at radius 1 is 1.31 bits per heavy atom. The lowest BCUT2D eigenvalue weighted by atomic mass is 9.82. The van der Waals surface area contributed by atoms with Gasteiger partial charge in [-0.1, -0.05) is 0 Å². The molecule has 3 aromatic rings. The number of nitrogens with zero attached hydrogens (tertiary/aromatic N) is 4. The molecule has 1 aromatic heterocycles. The third kappa shape index (κ3) is 3.92. The fourth-order valence-corrected chi connectivity index (χ4v) is 5.57. The van der Waals surface area contributed by atoms with Gasteiger partial charge in [-0.2, -0.15) is 10.4 Å². The molecule has 0 aliphatic carbocycles. The van der Waals surface area contributed by atoms with Gasteiger partial charge >= 0.3 is 0 Å². The van der Waals surface area contributed by atoms with Crippen LogP contribution in [0.2, 0.25) is 0 Å². The number of hydrogen-bond acceptors (Lipinski definition) is 10. The maximum atomic E-state index is 9.15. The van der Waals surface area contributed by atoms with E-state index in [2.05, 4.69) is 38.6 Å². The number of rotatable bonds is 6. The first-order valence-electron chi connectivity index (χ1n) is 11.3. The van der Waals surface area contributed by atoms with Gasteiger partial charge in [0.1, 0.15) is 6.07 Å². The van der Waals surface area contributed by atoms with Crippen LogP contribution in [0.1, 0.15) is 33.9 Å². The van der Waals surface area contributed by atoms with Gasteiger partial charge in [0.15, 0.2) is 29.6 Å². The van der Waals surface area contributed by atoms with Crippen LogP contribution in [0.25, 0.3) is 0 Å². The Morgan fingerprint density at radius 2 is 2.20 bits per heavy atom. The quantitative estimate of drug-likeness (QED) is 0.411. The van der Waals surface area contributed by atoms with Gasteiger partial charge in [-0.3, -0.25) is 10.3 Å². The van der Waals surface area contributed by atoms with Gasteiger partial charge in [0.25, 0.3) is 0 Å². The number of hydrazone groups is 1. The van der Waals surface area contributed by atoms with Crippen LogP contribution in [-0.2, 0) is 19.4 Å². The number of fused-ring (bicyclic) bond motifs is 5. The van der Waals surface area contributed by atoms with E-state index in [1.807, 2.05) is 11.4 Å². The van der Waals surface area contributed by atoms with E-state index in [1.165, 1.54) is 22.5 Å². The van der Waals surface area contributed by atoms with Crippen molar-refractivity contribution in [2.75, 3.05) is 32.5 Å². The molecular formula is C25H23N5O4S. The number of nitrogens with one attached hydrogen (secondary N) is 1. The molecule has 1 unspecified atom stereocenters. The van der Waals surface area contributed by atoms with Gasteiger partial charge in [0.2, 0.25) is 11.9 Å². The van der Waals surface area contributed by atoms with Crippen LogP contribution in [-0.4, -0.2) is 43.2 Å². The highest BCUT2D eigenvalue weighted by Gasteiger charge is 2.36. The van der Waals surface area contributed by atoms with Crippen LogP contribution in [0.15, 0.2) is 34.9 Å². The molecule has 0 saturated carbocycles. The van der Waals surface area contributed by atoms with Crippen LogP contribution in [0, 0.1) is 11.3 Å². The number of thiazole rings is 1. The number of nitriles is 1. The molecule has 0 amide bonds. The summed E-state index contributed by atoms with van der Waals surface area (Å²) in [5.74, 6) is 2.85. The molecule has 10 heteroatoms. The highest BCUT2D eigenvalue weighted by Crippen LogP contribution is 2.47. The van der Waals surface area contributed by atoms with Crippen molar-refractivity contribution >= 4 is 22.7 Å². The minimum atomic E-state index is -0.0441. The number of aromatic nitrogens is 1. The number of benzene rings is 2. The third-order valence-electron chi connectivity index (χ3n) is 6.66. The van der Waals surface area contributed by atoms with Gasteiger partial charge in [0.05, 0.1) is 13.3 Å². The lowest BCUT2D eigenvalue weighted by Crippen LogP contribution is -2.40. The first kappa shape index (κ1) is 21.7. The summed E-state index contributed by atoms with van der Waals surface area (Å²) < 4.78 is 22.8. The smallest absolute Gasteiger partial charge is 0.231 e. The normalized spacial score (nSPS) is 17.9. The number of anilines is 1. The van der Waals surface area contributed by atoms with E-state index in [0.29, 0.717) is 18.0 Å². The van der Waals surface area contributed by atoms with Crippen LogP contribution in [0.4, 0.5) is 5.13 Å². The molecular weight excluding hydrogens is 466 g/mol. The Labute approximate surface area is 206 Å². The predicted molar refractivity (Wildman–Crippen MR) is 131 cm³/mol. The van der Waals surface area contributed by atoms with Crippen molar-refractivity contribution in [1.82, 2.24) is 9.88 Å². The molecule has 3 aliphatic rings. The largest absolute Gasteiger partial charge is 0.493 e. The zero-order valence-electron chi connectivity index (χ0n) is 19.1. The zero-order chi connectivity index (χ0) is 23.8. The summed E-state index contributed by atoms with van der Waals surface area (Å²) in [6.07, 6.45) is 5.24. The lowest BCUT2D eigenvalue weighted by molar-refractivity contribution is 0.157. The molecule has 1 N–H and O–H groups in total. The summed E-state index contributed by atoms with van der Waals surface area (Å²) in [6, 6.07) is 8.45. The second kappa shape index (κ2) is 9.09. The van der Waals surface area contributed by atoms with E-state index in [0.717, 1.165) is 52.7 Å². The molecule has 6 rings (SSSR count). The Bertz CT molecular complexity index is 1330. The van der Waals surface area contributed by atoms with E-state index in [9.17, 15) is 0 Å². The van der Waals surface area contributed by atoms with Crippen LogP contribution in [0.3, 0.4) is 0 Å².